The van der Waals surface area contributed by atoms with Crippen LogP contribution < -0.4 is 15.9 Å². The molecule has 0 fully saturated rings. The van der Waals surface area contributed by atoms with Crippen LogP contribution in [0.3, 0.4) is 0 Å². The van der Waals surface area contributed by atoms with Gasteiger partial charge in [0, 0.05) is 0 Å². The van der Waals surface area contributed by atoms with Crippen molar-refractivity contribution in [1.29, 1.82) is 0 Å². The third kappa shape index (κ3) is 1.38. The SMILES string of the molecule is CCn1c[n+](CC)c2nc(N)[nH]c(=O)c21. The average molecular weight is 208 g/mol. The summed E-state index contributed by atoms with van der Waals surface area (Å²) in [6, 6.07) is 0. The van der Waals surface area contributed by atoms with Crippen LogP contribution in [0.15, 0.2) is 11.1 Å². The second-order valence-electron chi connectivity index (χ2n) is 3.31. The van der Waals surface area contributed by atoms with Gasteiger partial charge in [0.2, 0.25) is 5.52 Å². The van der Waals surface area contributed by atoms with Crippen LogP contribution in [0.1, 0.15) is 13.8 Å². The molecule has 0 saturated carbocycles. The van der Waals surface area contributed by atoms with E-state index >= 15 is 0 Å². The zero-order valence-electron chi connectivity index (χ0n) is 8.82. The van der Waals surface area contributed by atoms with Gasteiger partial charge in [0.05, 0.1) is 13.1 Å². The number of aryl methyl sites for hydroxylation is 2. The quantitative estimate of drug-likeness (QED) is 0.661. The highest BCUT2D eigenvalue weighted by Gasteiger charge is 2.19. The molecular formula is C9H14N5O+. The zero-order valence-corrected chi connectivity index (χ0v) is 8.82. The number of fused-ring (bicyclic) bond motifs is 1. The summed E-state index contributed by atoms with van der Waals surface area (Å²) in [5.41, 5.74) is 6.54. The average Bonchev–Trinajstić information content (AvgIpc) is 2.55. The maximum atomic E-state index is 11.7. The van der Waals surface area contributed by atoms with Gasteiger partial charge in [-0.1, -0.05) is 4.98 Å². The van der Waals surface area contributed by atoms with E-state index in [9.17, 15) is 4.79 Å². The van der Waals surface area contributed by atoms with Gasteiger partial charge < -0.3 is 5.73 Å². The molecule has 0 spiro atoms. The molecule has 6 nitrogen and oxygen atoms in total. The first-order valence-corrected chi connectivity index (χ1v) is 4.95. The highest BCUT2D eigenvalue weighted by Crippen LogP contribution is 2.03. The molecule has 2 heterocycles. The third-order valence-corrected chi connectivity index (χ3v) is 2.41. The fourth-order valence-corrected chi connectivity index (χ4v) is 1.68. The van der Waals surface area contributed by atoms with Crippen LogP contribution in [0.4, 0.5) is 5.95 Å². The van der Waals surface area contributed by atoms with Crippen LogP contribution in [0.5, 0.6) is 0 Å². The summed E-state index contributed by atoms with van der Waals surface area (Å²) in [6.45, 7) is 5.48. The number of nitrogen functional groups attached to an aromatic ring is 1. The summed E-state index contributed by atoms with van der Waals surface area (Å²) in [6.07, 6.45) is 1.88. The number of hydrogen-bond acceptors (Lipinski definition) is 3. The number of imidazole rings is 1. The van der Waals surface area contributed by atoms with Crippen molar-refractivity contribution in [2.45, 2.75) is 26.9 Å². The van der Waals surface area contributed by atoms with Gasteiger partial charge >= 0.3 is 5.65 Å². The Morgan fingerprint density at radius 3 is 2.93 bits per heavy atom. The Morgan fingerprint density at radius 1 is 1.60 bits per heavy atom. The molecule has 0 radical (unpaired) electrons. The Labute approximate surface area is 86.4 Å². The van der Waals surface area contributed by atoms with Gasteiger partial charge in [0.1, 0.15) is 0 Å². The number of nitrogens with one attached hydrogen (secondary N) is 1. The Hall–Kier alpha value is -1.85. The maximum Gasteiger partial charge on any atom is 0.311 e. The zero-order chi connectivity index (χ0) is 11.0. The van der Waals surface area contributed by atoms with E-state index < -0.39 is 0 Å². The fraction of sp³-hybridized carbons (Fsp3) is 0.444. The Morgan fingerprint density at radius 2 is 2.33 bits per heavy atom. The van der Waals surface area contributed by atoms with E-state index in [1.54, 1.807) is 0 Å². The Balaban J connectivity index is 2.91. The molecule has 0 aromatic carbocycles. The molecule has 0 bridgehead atoms. The van der Waals surface area contributed by atoms with Gasteiger partial charge in [0.15, 0.2) is 6.33 Å². The van der Waals surface area contributed by atoms with E-state index in [1.807, 2.05) is 29.3 Å². The van der Waals surface area contributed by atoms with Gasteiger partial charge in [-0.05, 0) is 13.8 Å². The van der Waals surface area contributed by atoms with Crippen molar-refractivity contribution in [1.82, 2.24) is 14.5 Å². The highest BCUT2D eigenvalue weighted by molar-refractivity contribution is 5.67. The molecule has 0 amide bonds. The lowest BCUT2D eigenvalue weighted by Crippen LogP contribution is -2.32. The number of hydrogen-bond donors (Lipinski definition) is 2. The third-order valence-electron chi connectivity index (χ3n) is 2.41. The lowest BCUT2D eigenvalue weighted by molar-refractivity contribution is -0.670. The number of anilines is 1. The molecule has 3 N–H and O–H groups in total. The molecule has 80 valence electrons. The Bertz CT molecular complexity index is 553. The minimum Gasteiger partial charge on any atom is -0.355 e. The van der Waals surface area contributed by atoms with Gasteiger partial charge in [0.25, 0.3) is 11.5 Å². The smallest absolute Gasteiger partial charge is 0.311 e. The minimum absolute atomic E-state index is 0.156. The number of H-pyrrole nitrogens is 1. The first kappa shape index (κ1) is 9.70. The van der Waals surface area contributed by atoms with Crippen LogP contribution in [0.2, 0.25) is 0 Å². The van der Waals surface area contributed by atoms with Crippen molar-refractivity contribution in [2.24, 2.45) is 0 Å². The summed E-state index contributed by atoms with van der Waals surface area (Å²) >= 11 is 0. The predicted molar refractivity (Wildman–Crippen MR) is 56.3 cm³/mol. The number of nitrogens with two attached hydrogens (primary N) is 1. The number of rotatable bonds is 2. The number of aromatic amines is 1. The predicted octanol–water partition coefficient (Wildman–Crippen LogP) is -0.366. The molecular weight excluding hydrogens is 194 g/mol. The van der Waals surface area contributed by atoms with Crippen molar-refractivity contribution >= 4 is 17.1 Å². The second-order valence-corrected chi connectivity index (χ2v) is 3.31. The van der Waals surface area contributed by atoms with E-state index in [4.69, 9.17) is 5.73 Å². The van der Waals surface area contributed by atoms with Crippen molar-refractivity contribution in [3.8, 4) is 0 Å². The fourth-order valence-electron chi connectivity index (χ4n) is 1.68. The van der Waals surface area contributed by atoms with Crippen molar-refractivity contribution in [3.05, 3.63) is 16.7 Å². The summed E-state index contributed by atoms with van der Waals surface area (Å²) in [5, 5.41) is 0. The summed E-state index contributed by atoms with van der Waals surface area (Å²) in [5.74, 6) is 0.156. The van der Waals surface area contributed by atoms with Crippen LogP contribution in [-0.4, -0.2) is 14.5 Å². The van der Waals surface area contributed by atoms with Crippen molar-refractivity contribution in [3.63, 3.8) is 0 Å². The largest absolute Gasteiger partial charge is 0.355 e. The summed E-state index contributed by atoms with van der Waals surface area (Å²) in [7, 11) is 0. The monoisotopic (exact) mass is 208 g/mol. The lowest BCUT2D eigenvalue weighted by atomic mass is 10.5. The molecule has 2 rings (SSSR count). The molecule has 0 saturated heterocycles. The van der Waals surface area contributed by atoms with Gasteiger partial charge in [-0.3, -0.25) is 14.3 Å². The summed E-state index contributed by atoms with van der Waals surface area (Å²) < 4.78 is 3.77. The van der Waals surface area contributed by atoms with E-state index in [0.29, 0.717) is 11.2 Å². The van der Waals surface area contributed by atoms with E-state index in [-0.39, 0.29) is 11.5 Å². The topological polar surface area (TPSA) is 80.6 Å². The standard InChI is InChI=1S/C9H13N5O/c1-3-13-5-14(4-2)7-6(13)8(15)12-9(10)11-7/h5H,3-4H2,1-2H3,(H2-,10,11,12,15)/p+1. The molecule has 0 aliphatic carbocycles. The second kappa shape index (κ2) is 3.38. The minimum atomic E-state index is -0.188. The van der Waals surface area contributed by atoms with Crippen LogP contribution >= 0.6 is 0 Å². The van der Waals surface area contributed by atoms with Crippen LogP contribution in [0, 0.1) is 0 Å². The summed E-state index contributed by atoms with van der Waals surface area (Å²) in [4.78, 5) is 18.3. The van der Waals surface area contributed by atoms with Gasteiger partial charge in [-0.15, -0.1) is 0 Å². The number of nitrogens with zero attached hydrogens (tertiary/aromatic N) is 3. The highest BCUT2D eigenvalue weighted by atomic mass is 16.1. The lowest BCUT2D eigenvalue weighted by Gasteiger charge is -1.90. The van der Waals surface area contributed by atoms with E-state index in [1.165, 1.54) is 0 Å². The molecule has 0 atom stereocenters. The molecule has 0 unspecified atom stereocenters. The van der Waals surface area contributed by atoms with Crippen molar-refractivity contribution < 1.29 is 4.57 Å². The first-order valence-electron chi connectivity index (χ1n) is 4.95. The maximum absolute atomic E-state index is 11.7. The first-order chi connectivity index (χ1) is 7.17. The normalized spacial score (nSPS) is 11.1. The van der Waals surface area contributed by atoms with E-state index in [0.717, 1.165) is 13.1 Å². The molecule has 0 aliphatic rings. The van der Waals surface area contributed by atoms with Gasteiger partial charge in [-0.25, -0.2) is 4.57 Å². The molecule has 2 aromatic heterocycles. The molecule has 6 heteroatoms. The molecule has 2 aromatic rings. The number of aromatic nitrogens is 4. The van der Waals surface area contributed by atoms with Crippen LogP contribution in [-0.2, 0) is 13.1 Å². The van der Waals surface area contributed by atoms with Gasteiger partial charge in [-0.2, -0.15) is 0 Å². The molecule has 15 heavy (non-hydrogen) atoms. The Kier molecular flexibility index (Phi) is 2.18. The van der Waals surface area contributed by atoms with E-state index in [2.05, 4.69) is 9.97 Å². The van der Waals surface area contributed by atoms with Crippen molar-refractivity contribution in [2.75, 3.05) is 5.73 Å². The molecule has 0 aliphatic heterocycles. The van der Waals surface area contributed by atoms with Crippen LogP contribution in [0.25, 0.3) is 11.2 Å².